The van der Waals surface area contributed by atoms with E-state index in [4.69, 9.17) is 10.7 Å². The van der Waals surface area contributed by atoms with Crippen molar-refractivity contribution in [2.45, 2.75) is 25.0 Å². The van der Waals surface area contributed by atoms with Gasteiger partial charge in [0.2, 0.25) is 0 Å². The molecule has 2 aromatic rings. The summed E-state index contributed by atoms with van der Waals surface area (Å²) in [6.45, 7) is 3.65. The molecule has 2 rings (SSSR count). The van der Waals surface area contributed by atoms with E-state index in [1.54, 1.807) is 18.5 Å². The lowest BCUT2D eigenvalue weighted by atomic mass is 10.2. The maximum atomic E-state index is 11.5. The van der Waals surface area contributed by atoms with Crippen molar-refractivity contribution in [2.75, 3.05) is 0 Å². The molecule has 0 aliphatic carbocycles. The predicted molar refractivity (Wildman–Crippen MR) is 74.4 cm³/mol. The van der Waals surface area contributed by atoms with Crippen LogP contribution < -0.4 is 0 Å². The molecule has 0 fully saturated rings. The zero-order valence-electron chi connectivity index (χ0n) is 10.1. The first-order valence-corrected chi connectivity index (χ1v) is 8.41. The van der Waals surface area contributed by atoms with Crippen LogP contribution in [0.4, 0.5) is 0 Å². The summed E-state index contributed by atoms with van der Waals surface area (Å²) >= 11 is 3.30. The third-order valence-corrected chi connectivity index (χ3v) is 3.92. The van der Waals surface area contributed by atoms with Crippen molar-refractivity contribution >= 4 is 35.7 Å². The van der Waals surface area contributed by atoms with Gasteiger partial charge in [0.15, 0.2) is 5.82 Å². The second kappa shape index (κ2) is 5.18. The Balaban J connectivity index is 2.69. The number of rotatable bonds is 3. The minimum atomic E-state index is -3.95. The Kier molecular flexibility index (Phi) is 3.93. The molecule has 0 atom stereocenters. The summed E-state index contributed by atoms with van der Waals surface area (Å²) in [4.78, 5) is 4.02. The molecule has 0 aromatic carbocycles. The van der Waals surface area contributed by atoms with E-state index < -0.39 is 9.05 Å². The molecule has 0 N–H and O–H groups in total. The molecule has 102 valence electrons. The zero-order valence-corrected chi connectivity index (χ0v) is 13.2. The first kappa shape index (κ1) is 14.4. The molecule has 2 heterocycles. The molecule has 0 amide bonds. The van der Waals surface area contributed by atoms with Crippen LogP contribution in [0.25, 0.3) is 11.4 Å². The first-order chi connectivity index (χ1) is 8.80. The van der Waals surface area contributed by atoms with E-state index in [0.717, 1.165) is 4.47 Å². The van der Waals surface area contributed by atoms with Crippen molar-refractivity contribution in [3.63, 3.8) is 0 Å². The van der Waals surface area contributed by atoms with Crippen molar-refractivity contribution in [3.05, 3.63) is 22.9 Å². The van der Waals surface area contributed by atoms with E-state index in [-0.39, 0.29) is 11.2 Å². The van der Waals surface area contributed by atoms with Crippen LogP contribution in [0.1, 0.15) is 19.9 Å². The van der Waals surface area contributed by atoms with Crippen LogP contribution >= 0.6 is 26.6 Å². The van der Waals surface area contributed by atoms with E-state index >= 15 is 0 Å². The fraction of sp³-hybridized carbons (Fsp3) is 0.300. The average molecular weight is 366 g/mol. The van der Waals surface area contributed by atoms with Crippen LogP contribution in [0.15, 0.2) is 28.1 Å². The fourth-order valence-electron chi connectivity index (χ4n) is 1.64. The molecule has 0 aliphatic heterocycles. The molecule has 0 saturated carbocycles. The van der Waals surface area contributed by atoms with E-state index in [1.807, 2.05) is 13.8 Å². The number of hydrogen-bond donors (Lipinski definition) is 0. The van der Waals surface area contributed by atoms with Crippen LogP contribution in [0.3, 0.4) is 0 Å². The number of nitrogens with zero attached hydrogens (tertiary/aromatic N) is 4. The van der Waals surface area contributed by atoms with Crippen molar-refractivity contribution in [3.8, 4) is 11.4 Å². The summed E-state index contributed by atoms with van der Waals surface area (Å²) < 4.78 is 25.2. The standard InChI is InChI=1S/C10H10BrClN4O2S/c1-6(2)16-9(7-3-8(11)5-13-4-7)14-15-10(16)19(12,17)18/h3-6H,1-2H3. The molecule has 0 unspecified atom stereocenters. The van der Waals surface area contributed by atoms with Gasteiger partial charge in [-0.2, -0.15) is 0 Å². The average Bonchev–Trinajstić information content (AvgIpc) is 2.72. The molecule has 0 aliphatic rings. The lowest BCUT2D eigenvalue weighted by molar-refractivity contribution is 0.530. The highest BCUT2D eigenvalue weighted by atomic mass is 79.9. The molecule has 0 spiro atoms. The highest BCUT2D eigenvalue weighted by molar-refractivity contribution is 9.10. The topological polar surface area (TPSA) is 77.7 Å². The molecule has 0 saturated heterocycles. The molecule has 2 aromatic heterocycles. The van der Waals surface area contributed by atoms with Crippen LogP contribution in [-0.4, -0.2) is 28.2 Å². The molecule has 0 bridgehead atoms. The Bertz CT molecular complexity index is 714. The Morgan fingerprint density at radius 2 is 2.00 bits per heavy atom. The molecule has 6 nitrogen and oxygen atoms in total. The minimum Gasteiger partial charge on any atom is -0.294 e. The van der Waals surface area contributed by atoms with Gasteiger partial charge in [0.05, 0.1) is 0 Å². The fourth-order valence-corrected chi connectivity index (χ4v) is 2.99. The number of hydrogen-bond acceptors (Lipinski definition) is 5. The van der Waals surface area contributed by atoms with E-state index in [1.165, 1.54) is 4.57 Å². The van der Waals surface area contributed by atoms with E-state index in [0.29, 0.717) is 11.4 Å². The van der Waals surface area contributed by atoms with Gasteiger partial charge >= 0.3 is 0 Å². The molecule has 19 heavy (non-hydrogen) atoms. The summed E-state index contributed by atoms with van der Waals surface area (Å²) in [6.07, 6.45) is 3.21. The van der Waals surface area contributed by atoms with Crippen LogP contribution in [0, 0.1) is 0 Å². The molecular formula is C10H10BrClN4O2S. The van der Waals surface area contributed by atoms with Crippen LogP contribution in [0.5, 0.6) is 0 Å². The van der Waals surface area contributed by atoms with Crippen molar-refractivity contribution in [1.29, 1.82) is 0 Å². The summed E-state index contributed by atoms with van der Waals surface area (Å²) in [5.74, 6) is 0.406. The van der Waals surface area contributed by atoms with Crippen LogP contribution in [0.2, 0.25) is 0 Å². The highest BCUT2D eigenvalue weighted by Crippen LogP contribution is 2.27. The Morgan fingerprint density at radius 1 is 1.32 bits per heavy atom. The van der Waals surface area contributed by atoms with Gasteiger partial charge in [-0.3, -0.25) is 9.55 Å². The third-order valence-electron chi connectivity index (χ3n) is 2.36. The third kappa shape index (κ3) is 2.96. The number of halogens is 2. The van der Waals surface area contributed by atoms with Gasteiger partial charge in [-0.05, 0) is 35.8 Å². The SMILES string of the molecule is CC(C)n1c(-c2cncc(Br)c2)nnc1S(=O)(=O)Cl. The van der Waals surface area contributed by atoms with Crippen molar-refractivity contribution in [1.82, 2.24) is 19.7 Å². The highest BCUT2D eigenvalue weighted by Gasteiger charge is 2.25. The molecule has 9 heteroatoms. The maximum absolute atomic E-state index is 11.5. The van der Waals surface area contributed by atoms with Crippen molar-refractivity contribution in [2.24, 2.45) is 0 Å². The van der Waals surface area contributed by atoms with Gasteiger partial charge in [-0.1, -0.05) is 0 Å². The number of pyridine rings is 1. The summed E-state index contributed by atoms with van der Waals surface area (Å²) in [5.41, 5.74) is 0.655. The second-order valence-electron chi connectivity index (χ2n) is 4.10. The van der Waals surface area contributed by atoms with Gasteiger partial charge in [0.25, 0.3) is 14.2 Å². The largest absolute Gasteiger partial charge is 0.296 e. The quantitative estimate of drug-likeness (QED) is 0.781. The van der Waals surface area contributed by atoms with Gasteiger partial charge in [-0.25, -0.2) is 8.42 Å². The monoisotopic (exact) mass is 364 g/mol. The first-order valence-electron chi connectivity index (χ1n) is 5.31. The van der Waals surface area contributed by atoms with Gasteiger partial charge in [0, 0.05) is 39.2 Å². The van der Waals surface area contributed by atoms with Gasteiger partial charge < -0.3 is 0 Å². The normalized spacial score (nSPS) is 12.1. The Morgan fingerprint density at radius 3 is 2.53 bits per heavy atom. The van der Waals surface area contributed by atoms with Crippen molar-refractivity contribution < 1.29 is 8.42 Å². The summed E-state index contributed by atoms with van der Waals surface area (Å²) in [7, 11) is 1.42. The lowest BCUT2D eigenvalue weighted by Crippen LogP contribution is -2.10. The second-order valence-corrected chi connectivity index (χ2v) is 7.47. The van der Waals surface area contributed by atoms with E-state index in [2.05, 4.69) is 31.1 Å². The number of aromatic nitrogens is 4. The molecule has 0 radical (unpaired) electrons. The van der Waals surface area contributed by atoms with Gasteiger partial charge in [0.1, 0.15) is 0 Å². The smallest absolute Gasteiger partial charge is 0.294 e. The Hall–Kier alpha value is -0.990. The Labute approximate surface area is 123 Å². The van der Waals surface area contributed by atoms with E-state index in [9.17, 15) is 8.42 Å². The zero-order chi connectivity index (χ0) is 14.2. The molecular weight excluding hydrogens is 356 g/mol. The van der Waals surface area contributed by atoms with Gasteiger partial charge in [-0.15, -0.1) is 10.2 Å². The lowest BCUT2D eigenvalue weighted by Gasteiger charge is -2.12. The maximum Gasteiger partial charge on any atom is 0.296 e. The predicted octanol–water partition coefficient (Wildman–Crippen LogP) is 2.61. The summed E-state index contributed by atoms with van der Waals surface area (Å²) in [6, 6.07) is 1.62. The minimum absolute atomic E-state index is 0.160. The summed E-state index contributed by atoms with van der Waals surface area (Å²) in [5, 5.41) is 7.30. The van der Waals surface area contributed by atoms with Crippen LogP contribution in [-0.2, 0) is 9.05 Å².